The summed E-state index contributed by atoms with van der Waals surface area (Å²) in [5, 5.41) is 0. The van der Waals surface area contributed by atoms with Gasteiger partial charge in [-0.25, -0.2) is 4.79 Å². The minimum Gasteiger partial charge on any atom is -0.493 e. The maximum absolute atomic E-state index is 14.8. The minimum absolute atomic E-state index is 0.0263. The van der Waals surface area contributed by atoms with Gasteiger partial charge in [0.15, 0.2) is 11.5 Å². The van der Waals surface area contributed by atoms with E-state index in [1.165, 1.54) is 49.6 Å². The van der Waals surface area contributed by atoms with Crippen LogP contribution >= 0.6 is 0 Å². The second-order valence-corrected chi connectivity index (χ2v) is 8.88. The molecule has 0 spiro atoms. The van der Waals surface area contributed by atoms with E-state index in [0.717, 1.165) is 17.7 Å². The van der Waals surface area contributed by atoms with E-state index in [-0.39, 0.29) is 36.9 Å². The van der Waals surface area contributed by atoms with Gasteiger partial charge in [-0.05, 0) is 72.2 Å². The van der Waals surface area contributed by atoms with Gasteiger partial charge in [0.05, 0.1) is 25.9 Å². The fourth-order valence-electron chi connectivity index (χ4n) is 3.65. The molecule has 0 heterocycles. The lowest BCUT2D eigenvalue weighted by molar-refractivity contribution is -0.185. The van der Waals surface area contributed by atoms with E-state index < -0.39 is 30.2 Å². The van der Waals surface area contributed by atoms with Crippen LogP contribution in [0.15, 0.2) is 66.7 Å². The summed E-state index contributed by atoms with van der Waals surface area (Å²) in [4.78, 5) is 12.0. The maximum Gasteiger partial charge on any atom is 0.426 e. The van der Waals surface area contributed by atoms with Crippen molar-refractivity contribution in [3.8, 4) is 17.2 Å². The van der Waals surface area contributed by atoms with Crippen molar-refractivity contribution in [3.05, 3.63) is 83.4 Å². The van der Waals surface area contributed by atoms with Crippen molar-refractivity contribution >= 4 is 23.4 Å². The molecule has 0 saturated heterocycles. The van der Waals surface area contributed by atoms with E-state index in [2.05, 4.69) is 0 Å². The molecule has 0 aromatic heterocycles. The third-order valence-electron chi connectivity index (χ3n) is 5.57. The molecule has 0 saturated carbocycles. The highest BCUT2D eigenvalue weighted by atomic mass is 19.4. The quantitative estimate of drug-likeness (QED) is 0.0781. The first kappa shape index (κ1) is 31.1. The maximum atomic E-state index is 14.8. The average Bonchev–Trinajstić information content (AvgIpc) is 2.89. The predicted molar refractivity (Wildman–Crippen MR) is 144 cm³/mol. The van der Waals surface area contributed by atoms with Crippen LogP contribution in [0, 0.1) is 0 Å². The monoisotopic (exact) mass is 580 g/mol. The normalized spacial score (nSPS) is 11.9. The summed E-state index contributed by atoms with van der Waals surface area (Å²) < 4.78 is 86.9. The largest absolute Gasteiger partial charge is 0.493 e. The number of alkyl halides is 5. The van der Waals surface area contributed by atoms with Gasteiger partial charge in [0.2, 0.25) is 0 Å². The Labute approximate surface area is 233 Å². The van der Waals surface area contributed by atoms with Crippen LogP contribution in [-0.4, -0.2) is 32.5 Å². The first-order chi connectivity index (χ1) is 19.3. The number of methoxy groups -OCH3 is 1. The zero-order valence-corrected chi connectivity index (χ0v) is 22.0. The van der Waals surface area contributed by atoms with Crippen LogP contribution in [0.5, 0.6) is 17.2 Å². The van der Waals surface area contributed by atoms with E-state index >= 15 is 0 Å². The van der Waals surface area contributed by atoms with Crippen LogP contribution in [0.2, 0.25) is 0 Å². The molecule has 7 nitrogen and oxygen atoms in total. The molecule has 12 heteroatoms. The first-order valence-corrected chi connectivity index (χ1v) is 12.4. The zero-order valence-electron chi connectivity index (χ0n) is 22.0. The van der Waals surface area contributed by atoms with Crippen LogP contribution in [0.1, 0.15) is 29.5 Å². The molecule has 41 heavy (non-hydrogen) atoms. The van der Waals surface area contributed by atoms with Gasteiger partial charge >= 0.3 is 18.3 Å². The van der Waals surface area contributed by atoms with Crippen molar-refractivity contribution in [2.75, 3.05) is 31.8 Å². The molecule has 0 aliphatic heterocycles. The Morgan fingerprint density at radius 3 is 2.20 bits per heavy atom. The number of ether oxygens (including phenoxy) is 4. The lowest BCUT2D eigenvalue weighted by Gasteiger charge is -2.20. The fraction of sp³-hybridized carbons (Fsp3) is 0.276. The van der Waals surface area contributed by atoms with E-state index in [0.29, 0.717) is 23.4 Å². The Morgan fingerprint density at radius 1 is 0.878 bits per heavy atom. The highest BCUT2D eigenvalue weighted by Gasteiger charge is 2.35. The van der Waals surface area contributed by atoms with Crippen molar-refractivity contribution in [1.29, 1.82) is 0 Å². The lowest BCUT2D eigenvalue weighted by Crippen LogP contribution is -2.22. The van der Waals surface area contributed by atoms with Gasteiger partial charge in [-0.1, -0.05) is 12.1 Å². The lowest BCUT2D eigenvalue weighted by atomic mass is 10.1. The highest BCUT2D eigenvalue weighted by Crippen LogP contribution is 2.37. The summed E-state index contributed by atoms with van der Waals surface area (Å²) >= 11 is 0. The third kappa shape index (κ3) is 10.2. The molecule has 0 bridgehead atoms. The second kappa shape index (κ2) is 13.7. The molecular weight excluding hydrogens is 551 g/mol. The Balaban J connectivity index is 1.53. The first-order valence-electron chi connectivity index (χ1n) is 12.4. The molecule has 220 valence electrons. The van der Waals surface area contributed by atoms with Crippen LogP contribution in [-0.2, 0) is 22.1 Å². The predicted octanol–water partition coefficient (Wildman–Crippen LogP) is 6.51. The number of esters is 1. The molecule has 0 atom stereocenters. The van der Waals surface area contributed by atoms with Crippen molar-refractivity contribution in [1.82, 2.24) is 0 Å². The van der Waals surface area contributed by atoms with Crippen LogP contribution in [0.4, 0.5) is 33.3 Å². The van der Waals surface area contributed by atoms with Gasteiger partial charge in [-0.2, -0.15) is 22.0 Å². The van der Waals surface area contributed by atoms with Gasteiger partial charge in [-0.3, -0.25) is 0 Å². The Kier molecular flexibility index (Phi) is 10.4. The van der Waals surface area contributed by atoms with Gasteiger partial charge in [0.1, 0.15) is 5.75 Å². The van der Waals surface area contributed by atoms with Crippen molar-refractivity contribution < 1.29 is 45.7 Å². The van der Waals surface area contributed by atoms with E-state index in [4.69, 9.17) is 30.4 Å². The molecule has 3 rings (SSSR count). The number of carbonyl (C=O) groups excluding carboxylic acids is 1. The summed E-state index contributed by atoms with van der Waals surface area (Å²) in [5.41, 5.74) is 13.3. The number of halogens is 5. The number of hydrogen-bond acceptors (Lipinski definition) is 7. The minimum atomic E-state index is -4.31. The molecule has 3 aromatic carbocycles. The molecule has 0 amide bonds. The Hall–Kier alpha value is -4.48. The number of hydrogen-bond donors (Lipinski definition) is 2. The molecule has 0 aliphatic carbocycles. The number of benzene rings is 3. The van der Waals surface area contributed by atoms with E-state index in [1.807, 2.05) is 0 Å². The summed E-state index contributed by atoms with van der Waals surface area (Å²) in [5.74, 6) is -0.793. The summed E-state index contributed by atoms with van der Waals surface area (Å²) in [7, 11) is 1.22. The molecule has 0 unspecified atom stereocenters. The van der Waals surface area contributed by atoms with Gasteiger partial charge in [0, 0.05) is 30.3 Å². The van der Waals surface area contributed by atoms with E-state index in [9.17, 15) is 26.7 Å². The number of nitrogen functional groups attached to an aromatic ring is 2. The Bertz CT molecular complexity index is 1320. The summed E-state index contributed by atoms with van der Waals surface area (Å²) in [6.07, 6.45) is -6.31. The number of carbonyl (C=O) groups is 1. The topological polar surface area (TPSA) is 106 Å². The zero-order chi connectivity index (χ0) is 30.0. The van der Waals surface area contributed by atoms with Gasteiger partial charge in [0.25, 0.3) is 0 Å². The van der Waals surface area contributed by atoms with Crippen LogP contribution < -0.4 is 25.7 Å². The summed E-state index contributed by atoms with van der Waals surface area (Å²) in [6.45, 7) is -0.150. The SMILES string of the molecule is COc1cc(C(F)(F)Oc2ccc(/C=C/C(=O)OCCc3cc(N)cc(N)c3)cc2)ccc1OCCCC(F)(F)F. The van der Waals surface area contributed by atoms with Crippen molar-refractivity contribution in [2.45, 2.75) is 31.5 Å². The fourth-order valence-corrected chi connectivity index (χ4v) is 3.65. The highest BCUT2D eigenvalue weighted by molar-refractivity contribution is 5.87. The average molecular weight is 581 g/mol. The molecule has 0 radical (unpaired) electrons. The summed E-state index contributed by atoms with van der Waals surface area (Å²) in [6, 6.07) is 13.9. The molecular formula is C29H29F5N2O5. The standard InChI is InChI=1S/C29H29F5N2O5/c1-38-26-17-21(6-9-25(26)39-13-2-12-28(30,31)32)29(33,34)41-24-7-3-19(4-8-24)5-10-27(37)40-14-11-20-15-22(35)18-23(36)16-20/h3-10,15-18H,2,11-14,35-36H2,1H3/b10-5+. The molecule has 3 aromatic rings. The smallest absolute Gasteiger partial charge is 0.426 e. The number of nitrogens with two attached hydrogens (primary N) is 2. The van der Waals surface area contributed by atoms with Gasteiger partial charge in [-0.15, -0.1) is 0 Å². The number of anilines is 2. The van der Waals surface area contributed by atoms with Crippen molar-refractivity contribution in [3.63, 3.8) is 0 Å². The third-order valence-corrected chi connectivity index (χ3v) is 5.57. The van der Waals surface area contributed by atoms with Crippen molar-refractivity contribution in [2.24, 2.45) is 0 Å². The van der Waals surface area contributed by atoms with E-state index in [1.54, 1.807) is 18.2 Å². The molecule has 0 fully saturated rings. The van der Waals surface area contributed by atoms with Crippen LogP contribution in [0.25, 0.3) is 6.08 Å². The molecule has 0 aliphatic rings. The second-order valence-electron chi connectivity index (χ2n) is 8.88. The van der Waals surface area contributed by atoms with Gasteiger partial charge < -0.3 is 30.4 Å². The Morgan fingerprint density at radius 2 is 1.56 bits per heavy atom. The van der Waals surface area contributed by atoms with Crippen LogP contribution in [0.3, 0.4) is 0 Å². The number of rotatable bonds is 13. The molecule has 4 N–H and O–H groups in total.